The van der Waals surface area contributed by atoms with Gasteiger partial charge in [-0.2, -0.15) is 0 Å². The fourth-order valence-corrected chi connectivity index (χ4v) is 2.21. The van der Waals surface area contributed by atoms with E-state index in [1.807, 2.05) is 0 Å². The van der Waals surface area contributed by atoms with E-state index in [2.05, 4.69) is 5.32 Å². The van der Waals surface area contributed by atoms with E-state index in [1.54, 1.807) is 0 Å². The van der Waals surface area contributed by atoms with Crippen LogP contribution in [-0.2, 0) is 4.79 Å². The van der Waals surface area contributed by atoms with Crippen molar-refractivity contribution in [2.24, 2.45) is 0 Å². The molecular weight excluding hydrogens is 328 g/mol. The number of non-ortho nitro benzene ring substituents is 1. The Hall–Kier alpha value is -2.87. The molecule has 0 aliphatic rings. The SMILES string of the molecule is O=C(O)C[C@@H](NC(=O)c1ccco1)c1cc([N+](=O)[O-])ccc1Cl. The van der Waals surface area contributed by atoms with E-state index >= 15 is 0 Å². The Labute approximate surface area is 134 Å². The van der Waals surface area contributed by atoms with Crippen LogP contribution in [0.3, 0.4) is 0 Å². The van der Waals surface area contributed by atoms with Crippen molar-refractivity contribution >= 4 is 29.2 Å². The fourth-order valence-electron chi connectivity index (χ4n) is 1.96. The lowest BCUT2D eigenvalue weighted by Gasteiger charge is -2.18. The molecule has 0 fully saturated rings. The minimum atomic E-state index is -1.20. The number of halogens is 1. The van der Waals surface area contributed by atoms with Crippen LogP contribution in [0.25, 0.3) is 0 Å². The summed E-state index contributed by atoms with van der Waals surface area (Å²) in [6.45, 7) is 0. The first kappa shape index (κ1) is 16.5. The molecule has 1 aromatic heterocycles. The number of rotatable bonds is 6. The number of carbonyl (C=O) groups is 2. The Kier molecular flexibility index (Phi) is 4.97. The number of benzene rings is 1. The van der Waals surface area contributed by atoms with Gasteiger partial charge in [0.05, 0.1) is 23.6 Å². The van der Waals surface area contributed by atoms with Gasteiger partial charge in [-0.25, -0.2) is 0 Å². The molecule has 0 saturated heterocycles. The molecular formula is C14H11ClN2O6. The molecule has 23 heavy (non-hydrogen) atoms. The number of carbonyl (C=O) groups excluding carboxylic acids is 1. The summed E-state index contributed by atoms with van der Waals surface area (Å²) < 4.78 is 4.93. The van der Waals surface area contributed by atoms with Crippen molar-refractivity contribution in [1.29, 1.82) is 0 Å². The van der Waals surface area contributed by atoms with E-state index in [9.17, 15) is 19.7 Å². The number of nitro groups is 1. The summed E-state index contributed by atoms with van der Waals surface area (Å²) in [7, 11) is 0. The average molecular weight is 339 g/mol. The summed E-state index contributed by atoms with van der Waals surface area (Å²) in [4.78, 5) is 33.3. The topological polar surface area (TPSA) is 123 Å². The number of aliphatic carboxylic acids is 1. The zero-order valence-corrected chi connectivity index (χ0v) is 12.3. The average Bonchev–Trinajstić information content (AvgIpc) is 3.00. The lowest BCUT2D eigenvalue weighted by molar-refractivity contribution is -0.384. The van der Waals surface area contributed by atoms with Gasteiger partial charge >= 0.3 is 5.97 Å². The second kappa shape index (κ2) is 6.93. The van der Waals surface area contributed by atoms with Crippen LogP contribution < -0.4 is 5.32 Å². The first-order valence-corrected chi connectivity index (χ1v) is 6.76. The van der Waals surface area contributed by atoms with Crippen molar-refractivity contribution in [2.45, 2.75) is 12.5 Å². The van der Waals surface area contributed by atoms with Crippen LogP contribution in [0.1, 0.15) is 28.6 Å². The highest BCUT2D eigenvalue weighted by Crippen LogP contribution is 2.29. The number of hydrogen-bond donors (Lipinski definition) is 2. The monoisotopic (exact) mass is 338 g/mol. The Morgan fingerprint density at radius 3 is 2.70 bits per heavy atom. The maximum absolute atomic E-state index is 12.0. The van der Waals surface area contributed by atoms with Gasteiger partial charge in [-0.1, -0.05) is 11.6 Å². The van der Waals surface area contributed by atoms with Crippen molar-refractivity contribution in [2.75, 3.05) is 0 Å². The van der Waals surface area contributed by atoms with Gasteiger partial charge in [-0.05, 0) is 18.2 Å². The van der Waals surface area contributed by atoms with Crippen molar-refractivity contribution in [3.63, 3.8) is 0 Å². The van der Waals surface area contributed by atoms with Crippen molar-refractivity contribution < 1.29 is 24.0 Å². The van der Waals surface area contributed by atoms with Gasteiger partial charge in [0.15, 0.2) is 5.76 Å². The molecule has 1 heterocycles. The van der Waals surface area contributed by atoms with Gasteiger partial charge in [0.2, 0.25) is 0 Å². The van der Waals surface area contributed by atoms with Crippen LogP contribution in [0.15, 0.2) is 41.0 Å². The summed E-state index contributed by atoms with van der Waals surface area (Å²) in [5, 5.41) is 22.4. The number of furan rings is 1. The third kappa shape index (κ3) is 4.07. The molecule has 1 aromatic carbocycles. The molecule has 8 nitrogen and oxygen atoms in total. The molecule has 2 N–H and O–H groups in total. The van der Waals surface area contributed by atoms with Crippen molar-refractivity contribution in [3.8, 4) is 0 Å². The summed E-state index contributed by atoms with van der Waals surface area (Å²) in [6.07, 6.45) is 0.800. The summed E-state index contributed by atoms with van der Waals surface area (Å²) in [6, 6.07) is 5.47. The predicted molar refractivity (Wildman–Crippen MR) is 79.3 cm³/mol. The number of nitrogens with zero attached hydrogens (tertiary/aromatic N) is 1. The Bertz CT molecular complexity index is 744. The second-order valence-corrected chi connectivity index (χ2v) is 4.97. The number of nitrogens with one attached hydrogen (secondary N) is 1. The third-order valence-electron chi connectivity index (χ3n) is 2.99. The summed E-state index contributed by atoms with van der Waals surface area (Å²) >= 11 is 6.00. The van der Waals surface area contributed by atoms with Gasteiger partial charge in [0, 0.05) is 22.7 Å². The minimum Gasteiger partial charge on any atom is -0.481 e. The first-order valence-electron chi connectivity index (χ1n) is 6.38. The van der Waals surface area contributed by atoms with E-state index in [1.165, 1.54) is 30.5 Å². The first-order chi connectivity index (χ1) is 10.9. The summed E-state index contributed by atoms with van der Waals surface area (Å²) in [5.41, 5.74) is -0.116. The molecule has 0 saturated carbocycles. The molecule has 0 radical (unpaired) electrons. The smallest absolute Gasteiger partial charge is 0.305 e. The molecule has 0 bridgehead atoms. The number of amides is 1. The van der Waals surface area contributed by atoms with E-state index in [4.69, 9.17) is 21.1 Å². The van der Waals surface area contributed by atoms with Crippen LogP contribution in [0.2, 0.25) is 5.02 Å². The normalized spacial score (nSPS) is 11.7. The van der Waals surface area contributed by atoms with Crippen molar-refractivity contribution in [3.05, 3.63) is 63.1 Å². The van der Waals surface area contributed by atoms with Crippen LogP contribution in [0.4, 0.5) is 5.69 Å². The largest absolute Gasteiger partial charge is 0.481 e. The maximum Gasteiger partial charge on any atom is 0.305 e. The van der Waals surface area contributed by atoms with Gasteiger partial charge in [-0.15, -0.1) is 0 Å². The third-order valence-corrected chi connectivity index (χ3v) is 3.34. The number of carboxylic acids is 1. The van der Waals surface area contributed by atoms with E-state index in [0.717, 1.165) is 6.07 Å². The molecule has 1 atom stereocenters. The Morgan fingerprint density at radius 1 is 1.39 bits per heavy atom. The van der Waals surface area contributed by atoms with Gasteiger partial charge < -0.3 is 14.8 Å². The summed E-state index contributed by atoms with van der Waals surface area (Å²) in [5.74, 6) is -1.86. The van der Waals surface area contributed by atoms with Gasteiger partial charge in [0.1, 0.15) is 0 Å². The number of nitro benzene ring substituents is 1. The van der Waals surface area contributed by atoms with Gasteiger partial charge in [-0.3, -0.25) is 19.7 Å². The highest BCUT2D eigenvalue weighted by atomic mass is 35.5. The van der Waals surface area contributed by atoms with Crippen LogP contribution in [0.5, 0.6) is 0 Å². The van der Waals surface area contributed by atoms with Gasteiger partial charge in [0.25, 0.3) is 11.6 Å². The second-order valence-electron chi connectivity index (χ2n) is 4.56. The van der Waals surface area contributed by atoms with E-state index in [-0.39, 0.29) is 22.0 Å². The van der Waals surface area contributed by atoms with Crippen LogP contribution in [-0.4, -0.2) is 21.9 Å². The molecule has 0 aliphatic carbocycles. The number of hydrogen-bond acceptors (Lipinski definition) is 5. The zero-order chi connectivity index (χ0) is 17.0. The molecule has 9 heteroatoms. The Morgan fingerprint density at radius 2 is 2.13 bits per heavy atom. The lowest BCUT2D eigenvalue weighted by Crippen LogP contribution is -2.30. The minimum absolute atomic E-state index is 0.0121. The lowest BCUT2D eigenvalue weighted by atomic mass is 10.0. The molecule has 0 unspecified atom stereocenters. The molecule has 0 spiro atoms. The van der Waals surface area contributed by atoms with E-state index in [0.29, 0.717) is 0 Å². The van der Waals surface area contributed by atoms with Crippen molar-refractivity contribution in [1.82, 2.24) is 5.32 Å². The molecule has 2 aromatic rings. The predicted octanol–water partition coefficient (Wildman–Crippen LogP) is 2.79. The quantitative estimate of drug-likeness (QED) is 0.616. The zero-order valence-electron chi connectivity index (χ0n) is 11.6. The van der Waals surface area contributed by atoms with Crippen LogP contribution in [0, 0.1) is 10.1 Å². The van der Waals surface area contributed by atoms with Crippen LogP contribution >= 0.6 is 11.6 Å². The fraction of sp³-hybridized carbons (Fsp3) is 0.143. The van der Waals surface area contributed by atoms with E-state index < -0.39 is 29.3 Å². The highest BCUT2D eigenvalue weighted by molar-refractivity contribution is 6.31. The molecule has 120 valence electrons. The number of carboxylic acid groups (broad SMARTS) is 1. The Balaban J connectivity index is 2.34. The molecule has 1 amide bonds. The molecule has 2 rings (SSSR count). The highest BCUT2D eigenvalue weighted by Gasteiger charge is 2.24. The molecule has 0 aliphatic heterocycles. The standard InChI is InChI=1S/C14H11ClN2O6/c15-10-4-3-8(17(21)22)6-9(10)11(7-13(18)19)16-14(20)12-2-1-5-23-12/h1-6,11H,7H2,(H,16,20)(H,18,19)/t11-/m1/s1. The maximum atomic E-state index is 12.0.